The highest BCUT2D eigenvalue weighted by atomic mass is 35.7. The van der Waals surface area contributed by atoms with Crippen molar-refractivity contribution >= 4 is 65.6 Å². The van der Waals surface area contributed by atoms with Crippen LogP contribution in [0, 0.1) is 0 Å². The summed E-state index contributed by atoms with van der Waals surface area (Å²) < 4.78 is 22.3. The van der Waals surface area contributed by atoms with Gasteiger partial charge in [-0.2, -0.15) is 0 Å². The molecule has 0 atom stereocenters. The lowest BCUT2D eigenvalue weighted by Crippen LogP contribution is -1.84. The second kappa shape index (κ2) is 9.35. The standard InChI is InChI=1S/C9H5Cl2NO2S2.C9H6ClNS/c10-7-4-8(6-2-1-3-12-5-6)15-9(7)16(11,13)14;10-7-4-6-12-9(7)8-3-1-2-5-11-8/h1-5H;1-6H. The molecule has 144 valence electrons. The van der Waals surface area contributed by atoms with E-state index in [0.717, 1.165) is 37.4 Å². The number of thiophene rings is 2. The third kappa shape index (κ3) is 5.31. The van der Waals surface area contributed by atoms with Gasteiger partial charge >= 0.3 is 0 Å². The van der Waals surface area contributed by atoms with Gasteiger partial charge < -0.3 is 0 Å². The largest absolute Gasteiger partial charge is 0.272 e. The van der Waals surface area contributed by atoms with E-state index in [2.05, 4.69) is 9.97 Å². The Labute approximate surface area is 184 Å². The quantitative estimate of drug-likeness (QED) is 0.295. The van der Waals surface area contributed by atoms with Gasteiger partial charge in [0.25, 0.3) is 9.05 Å². The fraction of sp³-hybridized carbons (Fsp3) is 0. The lowest BCUT2D eigenvalue weighted by molar-refractivity contribution is 0.611. The highest BCUT2D eigenvalue weighted by Gasteiger charge is 2.19. The molecule has 4 aromatic heterocycles. The first kappa shape index (κ1) is 21.2. The summed E-state index contributed by atoms with van der Waals surface area (Å²) in [6.07, 6.45) is 5.04. The molecule has 0 N–H and O–H groups in total. The summed E-state index contributed by atoms with van der Waals surface area (Å²) in [6.45, 7) is 0. The number of hydrogen-bond donors (Lipinski definition) is 0. The van der Waals surface area contributed by atoms with Gasteiger partial charge in [0, 0.05) is 39.7 Å². The number of rotatable bonds is 3. The molecule has 0 saturated carbocycles. The second-order valence-corrected chi connectivity index (χ2v) is 10.8. The van der Waals surface area contributed by atoms with E-state index in [9.17, 15) is 8.42 Å². The first-order chi connectivity index (χ1) is 13.4. The molecule has 4 heterocycles. The monoisotopic (exact) mass is 488 g/mol. The van der Waals surface area contributed by atoms with Crippen LogP contribution in [0.1, 0.15) is 0 Å². The predicted molar refractivity (Wildman–Crippen MR) is 118 cm³/mol. The van der Waals surface area contributed by atoms with Crippen molar-refractivity contribution < 1.29 is 8.42 Å². The van der Waals surface area contributed by atoms with Crippen LogP contribution in [0.4, 0.5) is 0 Å². The van der Waals surface area contributed by atoms with E-state index in [1.165, 1.54) is 0 Å². The van der Waals surface area contributed by atoms with Gasteiger partial charge in [-0.05, 0) is 35.7 Å². The van der Waals surface area contributed by atoms with Crippen LogP contribution < -0.4 is 0 Å². The van der Waals surface area contributed by atoms with Gasteiger partial charge in [-0.15, -0.1) is 22.7 Å². The van der Waals surface area contributed by atoms with Gasteiger partial charge in [-0.1, -0.05) is 35.3 Å². The van der Waals surface area contributed by atoms with Crippen molar-refractivity contribution in [2.45, 2.75) is 4.21 Å². The normalized spacial score (nSPS) is 11.0. The molecule has 4 aromatic rings. The molecule has 10 heteroatoms. The number of pyridine rings is 2. The van der Waals surface area contributed by atoms with Crippen LogP contribution in [-0.2, 0) is 9.05 Å². The number of halogens is 3. The van der Waals surface area contributed by atoms with Gasteiger partial charge in [0.1, 0.15) is 0 Å². The number of hydrogen-bond acceptors (Lipinski definition) is 6. The summed E-state index contributed by atoms with van der Waals surface area (Å²) >= 11 is 14.4. The molecule has 0 aliphatic heterocycles. The predicted octanol–water partition coefficient (Wildman–Crippen LogP) is 6.85. The van der Waals surface area contributed by atoms with Crippen molar-refractivity contribution in [1.82, 2.24) is 9.97 Å². The Bertz CT molecular complexity index is 1160. The highest BCUT2D eigenvalue weighted by Crippen LogP contribution is 2.38. The van der Waals surface area contributed by atoms with E-state index >= 15 is 0 Å². The summed E-state index contributed by atoms with van der Waals surface area (Å²) in [6, 6.07) is 12.8. The van der Waals surface area contributed by atoms with Crippen LogP contribution in [-0.4, -0.2) is 18.4 Å². The summed E-state index contributed by atoms with van der Waals surface area (Å²) in [4.78, 5) is 9.91. The number of aromatic nitrogens is 2. The highest BCUT2D eigenvalue weighted by molar-refractivity contribution is 8.15. The zero-order valence-electron chi connectivity index (χ0n) is 13.9. The molecule has 0 unspecified atom stereocenters. The molecular weight excluding hydrogens is 479 g/mol. The summed E-state index contributed by atoms with van der Waals surface area (Å²) in [7, 11) is 1.46. The van der Waals surface area contributed by atoms with E-state index < -0.39 is 9.05 Å². The Hall–Kier alpha value is -1.48. The summed E-state index contributed by atoms with van der Waals surface area (Å²) in [5.41, 5.74) is 1.75. The average molecular weight is 490 g/mol. The first-order valence-electron chi connectivity index (χ1n) is 7.65. The molecule has 0 aliphatic rings. The molecule has 0 spiro atoms. The maximum absolute atomic E-state index is 11.2. The van der Waals surface area contributed by atoms with Gasteiger partial charge in [0.15, 0.2) is 4.21 Å². The minimum absolute atomic E-state index is 0.0327. The van der Waals surface area contributed by atoms with Crippen LogP contribution in [0.5, 0.6) is 0 Å². The fourth-order valence-electron chi connectivity index (χ4n) is 2.14. The van der Waals surface area contributed by atoms with Gasteiger partial charge in [-0.25, -0.2) is 8.42 Å². The Morgan fingerprint density at radius 3 is 2.32 bits per heavy atom. The smallest absolute Gasteiger partial charge is 0.264 e. The van der Waals surface area contributed by atoms with Gasteiger partial charge in [0.2, 0.25) is 0 Å². The third-order valence-corrected chi connectivity index (χ3v) is 8.51. The topological polar surface area (TPSA) is 59.9 Å². The van der Waals surface area contributed by atoms with E-state index in [-0.39, 0.29) is 9.23 Å². The Morgan fingerprint density at radius 2 is 1.79 bits per heavy atom. The van der Waals surface area contributed by atoms with Crippen molar-refractivity contribution in [3.63, 3.8) is 0 Å². The maximum Gasteiger partial charge on any atom is 0.272 e. The van der Waals surface area contributed by atoms with Gasteiger partial charge in [0.05, 0.1) is 20.6 Å². The molecule has 0 aromatic carbocycles. The molecule has 28 heavy (non-hydrogen) atoms. The first-order valence-corrected chi connectivity index (χ1v) is 12.4. The van der Waals surface area contributed by atoms with Crippen LogP contribution in [0.25, 0.3) is 21.0 Å². The molecule has 0 fully saturated rings. The van der Waals surface area contributed by atoms with Crippen LogP contribution in [0.2, 0.25) is 10.0 Å². The van der Waals surface area contributed by atoms with Crippen LogP contribution >= 0.6 is 56.6 Å². The Morgan fingerprint density at radius 1 is 0.964 bits per heavy atom. The Balaban J connectivity index is 0.000000167. The van der Waals surface area contributed by atoms with E-state index in [1.54, 1.807) is 42.1 Å². The van der Waals surface area contributed by atoms with Gasteiger partial charge in [-0.3, -0.25) is 9.97 Å². The zero-order chi connectivity index (χ0) is 20.1. The SMILES string of the molecule is Clc1ccsc1-c1ccccn1.O=S(=O)(Cl)c1sc(-c2cccnc2)cc1Cl. The molecule has 4 nitrogen and oxygen atoms in total. The molecule has 0 aliphatic carbocycles. The lowest BCUT2D eigenvalue weighted by atomic mass is 10.2. The van der Waals surface area contributed by atoms with Crippen LogP contribution in [0.3, 0.4) is 0 Å². The minimum Gasteiger partial charge on any atom is -0.264 e. The molecular formula is C18H11Cl3N2O2S3. The van der Waals surface area contributed by atoms with E-state index in [0.29, 0.717) is 0 Å². The molecule has 0 bridgehead atoms. The van der Waals surface area contributed by atoms with Crippen molar-refractivity contribution in [3.05, 3.63) is 76.5 Å². The Kier molecular flexibility index (Phi) is 7.09. The van der Waals surface area contributed by atoms with Crippen molar-refractivity contribution in [2.75, 3.05) is 0 Å². The van der Waals surface area contributed by atoms with E-state index in [4.69, 9.17) is 33.9 Å². The van der Waals surface area contributed by atoms with Crippen LogP contribution in [0.15, 0.2) is 70.6 Å². The summed E-state index contributed by atoms with van der Waals surface area (Å²) in [5.74, 6) is 0. The van der Waals surface area contributed by atoms with Crippen molar-refractivity contribution in [2.24, 2.45) is 0 Å². The van der Waals surface area contributed by atoms with Crippen molar-refractivity contribution in [1.29, 1.82) is 0 Å². The summed E-state index contributed by atoms with van der Waals surface area (Å²) in [5, 5.41) is 2.88. The zero-order valence-corrected chi connectivity index (χ0v) is 18.6. The molecule has 4 rings (SSSR count). The molecule has 0 radical (unpaired) electrons. The molecule has 0 saturated heterocycles. The minimum atomic E-state index is -3.78. The maximum atomic E-state index is 11.2. The fourth-order valence-corrected chi connectivity index (χ4v) is 6.25. The lowest BCUT2D eigenvalue weighted by Gasteiger charge is -1.94. The van der Waals surface area contributed by atoms with E-state index in [1.807, 2.05) is 35.7 Å². The second-order valence-electron chi connectivity index (χ2n) is 5.24. The third-order valence-electron chi connectivity index (χ3n) is 3.34. The average Bonchev–Trinajstić information content (AvgIpc) is 3.29. The molecule has 0 amide bonds. The van der Waals surface area contributed by atoms with Crippen molar-refractivity contribution in [3.8, 4) is 21.0 Å². The number of nitrogens with zero attached hydrogens (tertiary/aromatic N) is 2.